The van der Waals surface area contributed by atoms with E-state index in [-0.39, 0.29) is 11.9 Å². The van der Waals surface area contributed by atoms with Gasteiger partial charge in [0.1, 0.15) is 6.26 Å². The van der Waals surface area contributed by atoms with Crippen molar-refractivity contribution in [3.05, 3.63) is 94.6 Å². The van der Waals surface area contributed by atoms with Crippen LogP contribution in [0, 0.1) is 0 Å². The number of nitrogens with two attached hydrogens (primary N) is 1. The number of pyridine rings is 1. The molecule has 0 radical (unpaired) electrons. The lowest BCUT2D eigenvalue weighted by atomic mass is 9.90. The highest BCUT2D eigenvalue weighted by atomic mass is 16.3. The summed E-state index contributed by atoms with van der Waals surface area (Å²) in [6.45, 7) is 7.00. The average Bonchev–Trinajstić information content (AvgIpc) is 3.47. The molecule has 0 spiro atoms. The summed E-state index contributed by atoms with van der Waals surface area (Å²) in [7, 11) is 1.65. The van der Waals surface area contributed by atoms with E-state index in [0.29, 0.717) is 36.0 Å². The van der Waals surface area contributed by atoms with E-state index in [0.717, 1.165) is 44.5 Å². The first kappa shape index (κ1) is 28.2. The third kappa shape index (κ3) is 7.61. The summed E-state index contributed by atoms with van der Waals surface area (Å²) in [6, 6.07) is 12.9. The lowest BCUT2D eigenvalue weighted by Crippen LogP contribution is -2.36. The van der Waals surface area contributed by atoms with Crippen molar-refractivity contribution in [2.75, 3.05) is 20.1 Å². The average molecular weight is 530 g/mol. The number of aromatic nitrogens is 2. The van der Waals surface area contributed by atoms with Crippen molar-refractivity contribution in [3.8, 4) is 0 Å². The number of amides is 1. The van der Waals surface area contributed by atoms with Gasteiger partial charge in [0.25, 0.3) is 5.91 Å². The molecule has 0 saturated heterocycles. The number of aliphatic imine (C=N–C) groups is 1. The first-order valence-corrected chi connectivity index (χ1v) is 13.5. The highest BCUT2D eigenvalue weighted by Crippen LogP contribution is 2.33. The quantitative estimate of drug-likeness (QED) is 0.186. The number of hydrogen-bond donors (Lipinski definition) is 3. The Balaban J connectivity index is 1.41. The topological polar surface area (TPSA) is 122 Å². The van der Waals surface area contributed by atoms with Gasteiger partial charge in [-0.3, -0.25) is 19.7 Å². The number of carbonyl (C=O) groups excluding carboxylic acids is 1. The Kier molecular flexibility index (Phi) is 9.99. The fraction of sp³-hybridized carbons (Fsp3) is 0.400. The van der Waals surface area contributed by atoms with Crippen LogP contribution in [0.2, 0.25) is 0 Å². The van der Waals surface area contributed by atoms with Crippen molar-refractivity contribution < 1.29 is 9.21 Å². The molecule has 4 N–H and O–H groups in total. The van der Waals surface area contributed by atoms with E-state index in [1.54, 1.807) is 33.4 Å². The minimum atomic E-state index is -0.214. The summed E-state index contributed by atoms with van der Waals surface area (Å²) in [4.78, 5) is 28.3. The maximum Gasteiger partial charge on any atom is 0.255 e. The molecule has 39 heavy (non-hydrogen) atoms. The van der Waals surface area contributed by atoms with Crippen LogP contribution >= 0.6 is 0 Å². The van der Waals surface area contributed by atoms with Crippen molar-refractivity contribution in [3.63, 3.8) is 0 Å². The Hall–Kier alpha value is -3.82. The lowest BCUT2D eigenvalue weighted by molar-refractivity contribution is -0.117. The van der Waals surface area contributed by atoms with Crippen LogP contribution in [0.5, 0.6) is 0 Å². The van der Waals surface area contributed by atoms with E-state index in [4.69, 9.17) is 15.1 Å². The molecular formula is C30H39N7O2. The van der Waals surface area contributed by atoms with Gasteiger partial charge in [-0.15, -0.1) is 0 Å². The zero-order valence-corrected chi connectivity index (χ0v) is 23.1. The van der Waals surface area contributed by atoms with Gasteiger partial charge >= 0.3 is 0 Å². The van der Waals surface area contributed by atoms with Gasteiger partial charge in [0.2, 0.25) is 5.89 Å². The molecule has 9 nitrogen and oxygen atoms in total. The molecule has 2 aromatic heterocycles. The van der Waals surface area contributed by atoms with Crippen molar-refractivity contribution in [2.45, 2.75) is 58.8 Å². The van der Waals surface area contributed by atoms with Crippen LogP contribution in [0.3, 0.4) is 0 Å². The first-order valence-electron chi connectivity index (χ1n) is 13.5. The molecule has 9 heteroatoms. The number of nitrogens with one attached hydrogen (secondary N) is 2. The number of nitrogens with zero attached hydrogens (tertiary/aromatic N) is 4. The number of rotatable bonds is 12. The molecule has 4 rings (SSSR count). The van der Waals surface area contributed by atoms with Crippen LogP contribution < -0.4 is 16.4 Å². The molecule has 3 aromatic rings. The second-order valence-corrected chi connectivity index (χ2v) is 9.90. The highest BCUT2D eigenvalue weighted by molar-refractivity contribution is 6.21. The van der Waals surface area contributed by atoms with Crippen molar-refractivity contribution in [1.29, 1.82) is 0 Å². The zero-order valence-electron chi connectivity index (χ0n) is 23.1. The molecule has 0 bridgehead atoms. The van der Waals surface area contributed by atoms with Gasteiger partial charge in [0, 0.05) is 50.8 Å². The molecular weight excluding hydrogens is 490 g/mol. The zero-order chi connectivity index (χ0) is 27.6. The van der Waals surface area contributed by atoms with Crippen molar-refractivity contribution in [2.24, 2.45) is 10.7 Å². The van der Waals surface area contributed by atoms with Crippen LogP contribution in [0.15, 0.2) is 75.7 Å². The largest absolute Gasteiger partial charge is 0.448 e. The van der Waals surface area contributed by atoms with Gasteiger partial charge in [-0.2, -0.15) is 0 Å². The fourth-order valence-electron chi connectivity index (χ4n) is 5.05. The summed E-state index contributed by atoms with van der Waals surface area (Å²) in [5, 5.41) is 6.42. The van der Waals surface area contributed by atoms with E-state index >= 15 is 0 Å². The fourth-order valence-corrected chi connectivity index (χ4v) is 5.05. The molecule has 1 atom stereocenters. The summed E-state index contributed by atoms with van der Waals surface area (Å²) >= 11 is 0. The van der Waals surface area contributed by atoms with Gasteiger partial charge in [-0.25, -0.2) is 4.98 Å². The molecule has 1 aliphatic carbocycles. The van der Waals surface area contributed by atoms with E-state index in [1.165, 1.54) is 16.8 Å². The molecule has 206 valence electrons. The molecule has 0 fully saturated rings. The predicted octanol–water partition coefficient (Wildman–Crippen LogP) is 3.68. The number of benzene rings is 1. The number of allylic oxidation sites excluding steroid dienone is 1. The van der Waals surface area contributed by atoms with Gasteiger partial charge in [0.05, 0.1) is 30.1 Å². The Labute approximate surface area is 230 Å². The van der Waals surface area contributed by atoms with E-state index in [9.17, 15) is 4.79 Å². The summed E-state index contributed by atoms with van der Waals surface area (Å²) in [5.74, 6) is 0.476. The van der Waals surface area contributed by atoms with Crippen molar-refractivity contribution in [1.82, 2.24) is 25.5 Å². The normalized spacial score (nSPS) is 16.1. The molecule has 1 aliphatic rings. The lowest BCUT2D eigenvalue weighted by Gasteiger charge is -2.35. The standard InChI is InChI=1S/C30H39N7O2/c1-21(31)28(22(2)32-3)30(38)36-18-23-9-11-24(12-10-23)20-37(16-14-33-19-27-34-15-17-39-27)26-8-4-6-25-7-5-13-35-29(25)26/h5,7,9-13,15,17,26,33H,4,6,8,14,16,18-20,31H2,1-3H3,(H,36,38). The maximum absolute atomic E-state index is 12.7. The van der Waals surface area contributed by atoms with Crippen LogP contribution in [0.25, 0.3) is 0 Å². The Morgan fingerprint density at radius 1 is 1.13 bits per heavy atom. The minimum Gasteiger partial charge on any atom is -0.448 e. The van der Waals surface area contributed by atoms with E-state index in [1.807, 2.05) is 12.3 Å². The van der Waals surface area contributed by atoms with E-state index < -0.39 is 0 Å². The summed E-state index contributed by atoms with van der Waals surface area (Å²) in [6.07, 6.45) is 8.49. The molecule has 1 amide bonds. The summed E-state index contributed by atoms with van der Waals surface area (Å²) in [5.41, 5.74) is 12.2. The number of fused-ring (bicyclic) bond motifs is 1. The minimum absolute atomic E-state index is 0.214. The predicted molar refractivity (Wildman–Crippen MR) is 153 cm³/mol. The second kappa shape index (κ2) is 13.8. The maximum atomic E-state index is 12.7. The number of oxazole rings is 1. The molecule has 1 unspecified atom stereocenters. The second-order valence-electron chi connectivity index (χ2n) is 9.90. The van der Waals surface area contributed by atoms with Crippen LogP contribution in [-0.2, 0) is 30.8 Å². The van der Waals surface area contributed by atoms with Crippen LogP contribution in [-0.4, -0.2) is 46.6 Å². The smallest absolute Gasteiger partial charge is 0.255 e. The number of carbonyl (C=O) groups is 1. The molecule has 0 aliphatic heterocycles. The van der Waals surface area contributed by atoms with Gasteiger partial charge in [0.15, 0.2) is 0 Å². The molecule has 1 aromatic carbocycles. The van der Waals surface area contributed by atoms with Crippen LogP contribution in [0.4, 0.5) is 0 Å². The number of aryl methyl sites for hydroxylation is 1. The third-order valence-electron chi connectivity index (χ3n) is 7.12. The van der Waals surface area contributed by atoms with Crippen LogP contribution in [0.1, 0.15) is 61.0 Å². The van der Waals surface area contributed by atoms with E-state index in [2.05, 4.69) is 55.8 Å². The van der Waals surface area contributed by atoms with Gasteiger partial charge in [-0.1, -0.05) is 30.3 Å². The summed E-state index contributed by atoms with van der Waals surface area (Å²) < 4.78 is 5.35. The highest BCUT2D eigenvalue weighted by Gasteiger charge is 2.27. The van der Waals surface area contributed by atoms with Gasteiger partial charge in [-0.05, 0) is 55.9 Å². The monoisotopic (exact) mass is 529 g/mol. The van der Waals surface area contributed by atoms with Crippen molar-refractivity contribution >= 4 is 11.6 Å². The Morgan fingerprint density at radius 3 is 2.64 bits per heavy atom. The first-order chi connectivity index (χ1) is 19.0. The third-order valence-corrected chi connectivity index (χ3v) is 7.12. The molecule has 0 saturated carbocycles. The Morgan fingerprint density at radius 2 is 1.92 bits per heavy atom. The van der Waals surface area contributed by atoms with Gasteiger partial charge < -0.3 is 20.8 Å². The molecule has 2 heterocycles. The SMILES string of the molecule is CN=C(C)C(C(=O)NCc1ccc(CN(CCNCc2ncco2)C2CCCc3cccnc32)cc1)=C(C)N. The Bertz CT molecular complexity index is 1280. The number of hydrogen-bond acceptors (Lipinski definition) is 8.